The molecule has 1 aromatic rings. The minimum atomic E-state index is -0.110. The Morgan fingerprint density at radius 1 is 1.38 bits per heavy atom. The number of aromatic nitrogens is 2. The Labute approximate surface area is 131 Å². The van der Waals surface area contributed by atoms with Crippen molar-refractivity contribution in [2.24, 2.45) is 5.41 Å². The van der Waals surface area contributed by atoms with Crippen LogP contribution >= 0.6 is 12.4 Å². The number of ether oxygens (including phenoxy) is 1. The monoisotopic (exact) mass is 316 g/mol. The minimum absolute atomic E-state index is 0. The summed E-state index contributed by atoms with van der Waals surface area (Å²) in [6.45, 7) is 7.07. The van der Waals surface area contributed by atoms with Crippen LogP contribution in [0.15, 0.2) is 0 Å². The molecule has 7 heteroatoms. The van der Waals surface area contributed by atoms with Gasteiger partial charge in [-0.15, -0.1) is 12.4 Å². The number of nitrogens with zero attached hydrogens (tertiary/aromatic N) is 1. The molecule has 0 unspecified atom stereocenters. The molecular weight excluding hydrogens is 292 g/mol. The van der Waals surface area contributed by atoms with Crippen molar-refractivity contribution in [2.75, 3.05) is 33.4 Å². The molecule has 2 heterocycles. The number of carbonyl (C=O) groups is 1. The highest BCUT2D eigenvalue weighted by atomic mass is 35.5. The topological polar surface area (TPSA) is 79.0 Å². The van der Waals surface area contributed by atoms with Gasteiger partial charge < -0.3 is 15.4 Å². The maximum absolute atomic E-state index is 12.2. The molecule has 120 valence electrons. The lowest BCUT2D eigenvalue weighted by Gasteiger charge is -2.37. The van der Waals surface area contributed by atoms with E-state index in [4.69, 9.17) is 4.74 Å². The van der Waals surface area contributed by atoms with E-state index in [2.05, 4.69) is 20.8 Å². The van der Waals surface area contributed by atoms with Gasteiger partial charge in [0.15, 0.2) is 5.69 Å². The lowest BCUT2D eigenvalue weighted by molar-refractivity contribution is 0.0510. The van der Waals surface area contributed by atoms with Crippen LogP contribution in [-0.2, 0) is 4.74 Å². The van der Waals surface area contributed by atoms with Crippen molar-refractivity contribution in [1.29, 1.82) is 0 Å². The fourth-order valence-electron chi connectivity index (χ4n) is 2.69. The smallest absolute Gasteiger partial charge is 0.272 e. The van der Waals surface area contributed by atoms with Gasteiger partial charge >= 0.3 is 0 Å². The summed E-state index contributed by atoms with van der Waals surface area (Å²) in [5, 5.41) is 13.3. The minimum Gasteiger partial charge on any atom is -0.384 e. The van der Waals surface area contributed by atoms with Gasteiger partial charge in [-0.2, -0.15) is 5.10 Å². The second-order valence-corrected chi connectivity index (χ2v) is 5.69. The molecule has 1 saturated heterocycles. The summed E-state index contributed by atoms with van der Waals surface area (Å²) in [7, 11) is 1.72. The molecule has 0 aromatic carbocycles. The third-order valence-corrected chi connectivity index (χ3v) is 4.21. The maximum atomic E-state index is 12.2. The van der Waals surface area contributed by atoms with E-state index < -0.39 is 0 Å². The highest BCUT2D eigenvalue weighted by molar-refractivity contribution is 5.93. The van der Waals surface area contributed by atoms with Crippen LogP contribution in [0.4, 0.5) is 0 Å². The quantitative estimate of drug-likeness (QED) is 0.762. The number of hydrogen-bond acceptors (Lipinski definition) is 4. The number of carbonyl (C=O) groups excluding carboxylic acids is 1. The van der Waals surface area contributed by atoms with E-state index in [9.17, 15) is 4.79 Å². The molecule has 1 aliphatic heterocycles. The Kier molecular flexibility index (Phi) is 6.64. The third kappa shape index (κ3) is 4.18. The lowest BCUT2D eigenvalue weighted by atomic mass is 9.79. The zero-order valence-corrected chi connectivity index (χ0v) is 13.7. The maximum Gasteiger partial charge on any atom is 0.272 e. The lowest BCUT2D eigenvalue weighted by Crippen LogP contribution is -2.47. The van der Waals surface area contributed by atoms with Gasteiger partial charge in [0.1, 0.15) is 0 Å². The summed E-state index contributed by atoms with van der Waals surface area (Å²) in [5.74, 6) is -0.110. The zero-order valence-electron chi connectivity index (χ0n) is 12.9. The molecule has 1 aromatic heterocycles. The number of hydrogen-bond donors (Lipinski definition) is 3. The normalized spacial score (nSPS) is 17.1. The van der Waals surface area contributed by atoms with E-state index in [0.717, 1.165) is 37.2 Å². The van der Waals surface area contributed by atoms with Crippen molar-refractivity contribution in [1.82, 2.24) is 20.8 Å². The molecule has 2 rings (SSSR count). The van der Waals surface area contributed by atoms with Gasteiger partial charge in [-0.25, -0.2) is 0 Å². The van der Waals surface area contributed by atoms with E-state index in [0.29, 0.717) is 18.8 Å². The summed E-state index contributed by atoms with van der Waals surface area (Å²) in [6, 6.07) is 0. The number of halogens is 1. The Hall–Kier alpha value is -1.11. The van der Waals surface area contributed by atoms with Crippen LogP contribution in [0.1, 0.15) is 34.6 Å². The number of nitrogens with one attached hydrogen (secondary N) is 3. The largest absolute Gasteiger partial charge is 0.384 e. The molecule has 3 N–H and O–H groups in total. The number of aromatic amines is 1. The molecule has 0 saturated carbocycles. The Balaban J connectivity index is 0.00000220. The standard InChI is InChI=1S/C14H24N4O2.ClH/c1-10-11(2)17-18-12(10)13(19)16-8-14(9-20-3)4-6-15-7-5-14;/h15H,4-9H2,1-3H3,(H,16,19)(H,17,18);1H. The van der Waals surface area contributed by atoms with E-state index in [1.54, 1.807) is 7.11 Å². The number of aryl methyl sites for hydroxylation is 1. The average Bonchev–Trinajstić information content (AvgIpc) is 2.78. The van der Waals surface area contributed by atoms with Gasteiger partial charge in [0.25, 0.3) is 5.91 Å². The SMILES string of the molecule is COCC1(CNC(=O)c2n[nH]c(C)c2C)CCNCC1.Cl. The molecule has 1 aliphatic rings. The first-order chi connectivity index (χ1) is 9.58. The van der Waals surface area contributed by atoms with Gasteiger partial charge in [0.05, 0.1) is 6.61 Å². The van der Waals surface area contributed by atoms with Crippen molar-refractivity contribution >= 4 is 18.3 Å². The van der Waals surface area contributed by atoms with Gasteiger partial charge in [-0.05, 0) is 39.8 Å². The Bertz CT molecular complexity index is 464. The van der Waals surface area contributed by atoms with Crippen LogP contribution in [0, 0.1) is 19.3 Å². The fourth-order valence-corrected chi connectivity index (χ4v) is 2.69. The molecule has 0 radical (unpaired) electrons. The molecule has 6 nitrogen and oxygen atoms in total. The van der Waals surface area contributed by atoms with E-state index in [-0.39, 0.29) is 23.7 Å². The van der Waals surface area contributed by atoms with Gasteiger partial charge in [-0.1, -0.05) is 0 Å². The first-order valence-electron chi connectivity index (χ1n) is 7.07. The van der Waals surface area contributed by atoms with Crippen LogP contribution < -0.4 is 10.6 Å². The first kappa shape index (κ1) is 17.9. The molecule has 0 bridgehead atoms. The zero-order chi connectivity index (χ0) is 14.6. The summed E-state index contributed by atoms with van der Waals surface area (Å²) in [6.07, 6.45) is 2.03. The summed E-state index contributed by atoms with van der Waals surface area (Å²) in [5.41, 5.74) is 2.37. The van der Waals surface area contributed by atoms with Crippen LogP contribution in [0.25, 0.3) is 0 Å². The van der Waals surface area contributed by atoms with Crippen molar-refractivity contribution in [3.63, 3.8) is 0 Å². The molecule has 0 atom stereocenters. The third-order valence-electron chi connectivity index (χ3n) is 4.21. The fraction of sp³-hybridized carbons (Fsp3) is 0.714. The molecule has 0 spiro atoms. The summed E-state index contributed by atoms with van der Waals surface area (Å²) >= 11 is 0. The number of H-pyrrole nitrogens is 1. The van der Waals surface area contributed by atoms with E-state index >= 15 is 0 Å². The Morgan fingerprint density at radius 2 is 2.05 bits per heavy atom. The van der Waals surface area contributed by atoms with E-state index in [1.807, 2.05) is 13.8 Å². The summed E-state index contributed by atoms with van der Waals surface area (Å²) < 4.78 is 5.35. The van der Waals surface area contributed by atoms with E-state index in [1.165, 1.54) is 0 Å². The summed E-state index contributed by atoms with van der Waals surface area (Å²) in [4.78, 5) is 12.2. The van der Waals surface area contributed by atoms with Crippen molar-refractivity contribution in [3.8, 4) is 0 Å². The van der Waals surface area contributed by atoms with Crippen LogP contribution in [0.3, 0.4) is 0 Å². The van der Waals surface area contributed by atoms with Crippen LogP contribution in [0.5, 0.6) is 0 Å². The average molecular weight is 317 g/mol. The predicted octanol–water partition coefficient (Wildman–Crippen LogP) is 1.19. The molecule has 21 heavy (non-hydrogen) atoms. The van der Waals surface area contributed by atoms with Gasteiger partial charge in [0, 0.05) is 30.3 Å². The van der Waals surface area contributed by atoms with Crippen LogP contribution in [-0.4, -0.2) is 49.5 Å². The van der Waals surface area contributed by atoms with Crippen molar-refractivity contribution in [2.45, 2.75) is 26.7 Å². The Morgan fingerprint density at radius 3 is 2.57 bits per heavy atom. The first-order valence-corrected chi connectivity index (χ1v) is 7.07. The molecule has 1 amide bonds. The van der Waals surface area contributed by atoms with Crippen LogP contribution in [0.2, 0.25) is 0 Å². The number of rotatable bonds is 5. The number of methoxy groups -OCH3 is 1. The van der Waals surface area contributed by atoms with Gasteiger partial charge in [0.2, 0.25) is 0 Å². The van der Waals surface area contributed by atoms with Crippen molar-refractivity contribution < 1.29 is 9.53 Å². The molecular formula is C14H25ClN4O2. The molecule has 1 fully saturated rings. The van der Waals surface area contributed by atoms with Crippen molar-refractivity contribution in [3.05, 3.63) is 17.0 Å². The molecule has 0 aliphatic carbocycles. The second kappa shape index (κ2) is 7.77. The number of piperidine rings is 1. The van der Waals surface area contributed by atoms with Gasteiger partial charge in [-0.3, -0.25) is 9.89 Å². The predicted molar refractivity (Wildman–Crippen MR) is 84.1 cm³/mol. The highest BCUT2D eigenvalue weighted by Crippen LogP contribution is 2.28. The highest BCUT2D eigenvalue weighted by Gasteiger charge is 2.32. The number of amides is 1. The second-order valence-electron chi connectivity index (χ2n) is 5.69.